The Hall–Kier alpha value is -3.61. The van der Waals surface area contributed by atoms with Crippen molar-refractivity contribution in [3.8, 4) is 0 Å². The molecule has 2 saturated heterocycles. The fourth-order valence-corrected chi connectivity index (χ4v) is 5.95. The van der Waals surface area contributed by atoms with E-state index in [2.05, 4.69) is 34.8 Å². The number of anilines is 1. The van der Waals surface area contributed by atoms with Gasteiger partial charge in [0.15, 0.2) is 0 Å². The topological polar surface area (TPSA) is 70.5 Å². The molecule has 194 valence electrons. The molecule has 2 aliphatic heterocycles. The van der Waals surface area contributed by atoms with Crippen LogP contribution in [0.4, 0.5) is 10.5 Å². The van der Waals surface area contributed by atoms with Crippen LogP contribution in [-0.4, -0.2) is 57.5 Å². The van der Waals surface area contributed by atoms with Crippen molar-refractivity contribution in [2.75, 3.05) is 31.5 Å². The molecule has 7 nitrogen and oxygen atoms in total. The molecule has 0 saturated carbocycles. The second-order valence-electron chi connectivity index (χ2n) is 10.9. The normalized spacial score (nSPS) is 16.9. The van der Waals surface area contributed by atoms with Crippen LogP contribution in [0.15, 0.2) is 48.8 Å². The van der Waals surface area contributed by atoms with Gasteiger partial charge in [-0.3, -0.25) is 9.78 Å². The minimum Gasteiger partial charge on any atom is -0.344 e. The first kappa shape index (κ1) is 25.1. The van der Waals surface area contributed by atoms with Gasteiger partial charge < -0.3 is 19.7 Å². The van der Waals surface area contributed by atoms with Crippen molar-refractivity contribution < 1.29 is 9.59 Å². The Labute approximate surface area is 219 Å². The van der Waals surface area contributed by atoms with E-state index in [-0.39, 0.29) is 17.4 Å². The lowest BCUT2D eigenvalue weighted by molar-refractivity contribution is 0.0738. The van der Waals surface area contributed by atoms with E-state index >= 15 is 0 Å². The number of carbonyl (C=O) groups excluding carboxylic acids is 2. The number of amides is 3. The lowest BCUT2D eigenvalue weighted by Crippen LogP contribution is -2.46. The van der Waals surface area contributed by atoms with Gasteiger partial charge in [-0.2, -0.15) is 0 Å². The maximum Gasteiger partial charge on any atom is 0.321 e. The molecule has 5 rings (SSSR count). The molecule has 0 unspecified atom stereocenters. The van der Waals surface area contributed by atoms with Gasteiger partial charge in [0.05, 0.1) is 5.56 Å². The van der Waals surface area contributed by atoms with Crippen LogP contribution >= 0.6 is 0 Å². The van der Waals surface area contributed by atoms with Crippen LogP contribution in [0.2, 0.25) is 0 Å². The smallest absolute Gasteiger partial charge is 0.321 e. The van der Waals surface area contributed by atoms with Crippen LogP contribution in [0, 0.1) is 33.1 Å². The Morgan fingerprint density at radius 3 is 2.27 bits per heavy atom. The van der Waals surface area contributed by atoms with Gasteiger partial charge in [0, 0.05) is 62.2 Å². The Morgan fingerprint density at radius 2 is 1.59 bits per heavy atom. The number of hydrogen-bond donors (Lipinski definition) is 1. The molecular weight excluding hydrogens is 462 g/mol. The molecule has 4 heterocycles. The molecule has 2 fully saturated rings. The van der Waals surface area contributed by atoms with E-state index in [1.54, 1.807) is 12.4 Å². The van der Waals surface area contributed by atoms with Gasteiger partial charge in [0.2, 0.25) is 0 Å². The first-order valence-electron chi connectivity index (χ1n) is 13.2. The maximum atomic E-state index is 13.6. The number of likely N-dealkylation sites (tertiary alicyclic amines) is 2. The fourth-order valence-electron chi connectivity index (χ4n) is 5.95. The molecular formula is C30H37N5O2. The largest absolute Gasteiger partial charge is 0.344 e. The summed E-state index contributed by atoms with van der Waals surface area (Å²) in [5, 5.41) is 3.08. The highest BCUT2D eigenvalue weighted by Crippen LogP contribution is 2.41. The molecule has 1 aromatic carbocycles. The monoisotopic (exact) mass is 499 g/mol. The summed E-state index contributed by atoms with van der Waals surface area (Å²) in [6.45, 7) is 11.9. The third kappa shape index (κ3) is 5.13. The van der Waals surface area contributed by atoms with Gasteiger partial charge in [-0.25, -0.2) is 4.79 Å². The average molecular weight is 500 g/mol. The van der Waals surface area contributed by atoms with E-state index in [1.807, 2.05) is 54.0 Å². The van der Waals surface area contributed by atoms with E-state index in [9.17, 15) is 9.59 Å². The highest BCUT2D eigenvalue weighted by atomic mass is 16.2. The molecule has 3 amide bonds. The second-order valence-corrected chi connectivity index (χ2v) is 10.9. The molecule has 1 N–H and O–H groups in total. The third-order valence-corrected chi connectivity index (χ3v) is 8.35. The van der Waals surface area contributed by atoms with Crippen molar-refractivity contribution in [1.29, 1.82) is 0 Å². The van der Waals surface area contributed by atoms with Crippen LogP contribution in [0.3, 0.4) is 0 Å². The second kappa shape index (κ2) is 10.0. The first-order chi connectivity index (χ1) is 17.7. The quantitative estimate of drug-likeness (QED) is 0.528. The Balaban J connectivity index is 1.20. The summed E-state index contributed by atoms with van der Waals surface area (Å²) >= 11 is 0. The molecule has 1 spiro atoms. The number of rotatable bonds is 4. The molecule has 2 aliphatic rings. The number of hydrogen-bond acceptors (Lipinski definition) is 3. The number of carbonyl (C=O) groups is 2. The number of pyridine rings is 1. The minimum absolute atomic E-state index is 0.0330. The fraction of sp³-hybridized carbons (Fsp3) is 0.433. The summed E-state index contributed by atoms with van der Waals surface area (Å²) in [6, 6.07) is 12.1. The Kier molecular flexibility index (Phi) is 6.80. The van der Waals surface area contributed by atoms with E-state index in [0.29, 0.717) is 0 Å². The van der Waals surface area contributed by atoms with Gasteiger partial charge in [0.25, 0.3) is 5.91 Å². The SMILES string of the molecule is Cc1ccc(NC(=O)N2CCC3(CC2)CCN(C(=O)c2cc(C)n(Cc4ccncc4)c2C)C3)c(C)c1. The van der Waals surface area contributed by atoms with Gasteiger partial charge in [-0.05, 0) is 87.8 Å². The zero-order valence-corrected chi connectivity index (χ0v) is 22.4. The predicted molar refractivity (Wildman–Crippen MR) is 146 cm³/mol. The van der Waals surface area contributed by atoms with E-state index in [4.69, 9.17) is 0 Å². The number of aromatic nitrogens is 2. The van der Waals surface area contributed by atoms with Crippen molar-refractivity contribution in [2.45, 2.75) is 53.5 Å². The predicted octanol–water partition coefficient (Wildman–Crippen LogP) is 5.33. The van der Waals surface area contributed by atoms with E-state index < -0.39 is 0 Å². The molecule has 0 atom stereocenters. The van der Waals surface area contributed by atoms with Gasteiger partial charge in [0.1, 0.15) is 0 Å². The zero-order valence-electron chi connectivity index (χ0n) is 22.4. The molecule has 0 bridgehead atoms. The molecule has 7 heteroatoms. The van der Waals surface area contributed by atoms with Gasteiger partial charge in [-0.15, -0.1) is 0 Å². The van der Waals surface area contributed by atoms with Crippen LogP contribution in [0.5, 0.6) is 0 Å². The molecule has 2 aromatic heterocycles. The summed E-state index contributed by atoms with van der Waals surface area (Å²) in [4.78, 5) is 34.5. The molecule has 0 radical (unpaired) electrons. The highest BCUT2D eigenvalue weighted by molar-refractivity contribution is 5.96. The number of nitrogens with one attached hydrogen (secondary N) is 1. The summed E-state index contributed by atoms with van der Waals surface area (Å²) in [7, 11) is 0. The van der Waals surface area contributed by atoms with Gasteiger partial charge in [-0.1, -0.05) is 17.7 Å². The highest BCUT2D eigenvalue weighted by Gasteiger charge is 2.43. The lowest BCUT2D eigenvalue weighted by atomic mass is 9.78. The standard InChI is InChI=1S/C30H37N5O2/c1-21-5-6-27(22(2)17-21)32-29(37)33-14-9-30(10-15-33)11-16-34(20-30)28(36)26-18-23(3)35(24(26)4)19-25-7-12-31-13-8-25/h5-8,12-13,17-18H,9-11,14-16,19-20H2,1-4H3,(H,32,37). The lowest BCUT2D eigenvalue weighted by Gasteiger charge is -2.39. The van der Waals surface area contributed by atoms with Crippen molar-refractivity contribution in [3.63, 3.8) is 0 Å². The number of urea groups is 1. The van der Waals surface area contributed by atoms with E-state index in [0.717, 1.165) is 80.2 Å². The summed E-state index contributed by atoms with van der Waals surface area (Å²) in [5.41, 5.74) is 7.31. The first-order valence-corrected chi connectivity index (χ1v) is 13.2. The minimum atomic E-state index is -0.0330. The van der Waals surface area contributed by atoms with Crippen molar-refractivity contribution in [1.82, 2.24) is 19.4 Å². The van der Waals surface area contributed by atoms with E-state index in [1.165, 1.54) is 11.1 Å². The van der Waals surface area contributed by atoms with Crippen molar-refractivity contribution in [3.05, 3.63) is 82.4 Å². The molecule has 0 aliphatic carbocycles. The van der Waals surface area contributed by atoms with Crippen LogP contribution in [0.25, 0.3) is 0 Å². The molecule has 3 aromatic rings. The number of piperidine rings is 1. The number of nitrogens with zero attached hydrogens (tertiary/aromatic N) is 4. The number of aryl methyl sites for hydroxylation is 3. The van der Waals surface area contributed by atoms with Crippen molar-refractivity contribution in [2.24, 2.45) is 5.41 Å². The molecule has 37 heavy (non-hydrogen) atoms. The zero-order chi connectivity index (χ0) is 26.2. The average Bonchev–Trinajstić information content (AvgIpc) is 3.42. The van der Waals surface area contributed by atoms with Crippen LogP contribution < -0.4 is 5.32 Å². The van der Waals surface area contributed by atoms with Crippen molar-refractivity contribution >= 4 is 17.6 Å². The Bertz CT molecular complexity index is 1310. The third-order valence-electron chi connectivity index (χ3n) is 8.35. The maximum absolute atomic E-state index is 13.6. The summed E-state index contributed by atoms with van der Waals surface area (Å²) < 4.78 is 2.21. The number of benzene rings is 1. The van der Waals surface area contributed by atoms with Crippen LogP contribution in [0.1, 0.15) is 57.7 Å². The van der Waals surface area contributed by atoms with Gasteiger partial charge >= 0.3 is 6.03 Å². The summed E-state index contributed by atoms with van der Waals surface area (Å²) in [5.74, 6) is 0.126. The Morgan fingerprint density at radius 1 is 0.919 bits per heavy atom. The summed E-state index contributed by atoms with van der Waals surface area (Å²) in [6.07, 6.45) is 6.47. The van der Waals surface area contributed by atoms with Crippen LogP contribution in [-0.2, 0) is 6.54 Å².